The Morgan fingerprint density at radius 2 is 1.63 bits per heavy atom. The molecule has 104 valence electrons. The minimum Gasteiger partial charge on any atom is -0.460 e. The summed E-state index contributed by atoms with van der Waals surface area (Å²) in [6.07, 6.45) is 1.39. The van der Waals surface area contributed by atoms with Crippen LogP contribution in [0.1, 0.15) is 50.5 Å². The first-order chi connectivity index (χ1) is 8.64. The lowest BCUT2D eigenvalue weighted by molar-refractivity contribution is -0.165. The van der Waals surface area contributed by atoms with E-state index in [2.05, 4.69) is 0 Å². The Bertz CT molecular complexity index is 450. The van der Waals surface area contributed by atoms with Crippen LogP contribution in [0.3, 0.4) is 0 Å². The first-order valence-electron chi connectivity index (χ1n) is 6.42. The summed E-state index contributed by atoms with van der Waals surface area (Å²) < 4.78 is 5.42. The molecule has 0 aliphatic carbocycles. The number of benzene rings is 1. The zero-order valence-electron chi connectivity index (χ0n) is 12.3. The second kappa shape index (κ2) is 5.55. The summed E-state index contributed by atoms with van der Waals surface area (Å²) in [5, 5.41) is 0. The van der Waals surface area contributed by atoms with Crippen LogP contribution in [-0.4, -0.2) is 17.9 Å². The molecule has 0 spiro atoms. The van der Waals surface area contributed by atoms with Crippen molar-refractivity contribution in [2.45, 2.75) is 46.6 Å². The minimum absolute atomic E-state index is 0.209. The molecule has 1 rings (SSSR count). The molecule has 0 radical (unpaired) electrons. The fourth-order valence-corrected chi connectivity index (χ4v) is 1.71. The molecule has 1 aromatic carbocycles. The molecule has 0 unspecified atom stereocenters. The van der Waals surface area contributed by atoms with Gasteiger partial charge in [-0.2, -0.15) is 0 Å². The second-order valence-electron chi connectivity index (χ2n) is 6.42. The number of esters is 1. The monoisotopic (exact) mass is 262 g/mol. The van der Waals surface area contributed by atoms with Crippen LogP contribution in [0.5, 0.6) is 0 Å². The van der Waals surface area contributed by atoms with Crippen LogP contribution >= 0.6 is 0 Å². The van der Waals surface area contributed by atoms with Crippen LogP contribution in [0.25, 0.3) is 0 Å². The average Bonchev–Trinajstić information content (AvgIpc) is 2.27. The molecule has 19 heavy (non-hydrogen) atoms. The Morgan fingerprint density at radius 3 is 2.05 bits per heavy atom. The number of ether oxygens (including phenoxy) is 1. The lowest BCUT2D eigenvalue weighted by Gasteiger charge is -2.28. The topological polar surface area (TPSA) is 43.4 Å². The predicted molar refractivity (Wildman–Crippen MR) is 75.2 cm³/mol. The van der Waals surface area contributed by atoms with Gasteiger partial charge in [0.05, 0.1) is 5.41 Å². The second-order valence-corrected chi connectivity index (χ2v) is 6.42. The molecule has 0 N–H and O–H groups in total. The average molecular weight is 262 g/mol. The van der Waals surface area contributed by atoms with E-state index < -0.39 is 11.0 Å². The van der Waals surface area contributed by atoms with Crippen molar-refractivity contribution in [1.82, 2.24) is 0 Å². The van der Waals surface area contributed by atoms with Gasteiger partial charge in [-0.15, -0.1) is 0 Å². The van der Waals surface area contributed by atoms with Crippen molar-refractivity contribution in [3.05, 3.63) is 35.4 Å². The van der Waals surface area contributed by atoms with Gasteiger partial charge in [0.1, 0.15) is 11.9 Å². The third-order valence-electron chi connectivity index (χ3n) is 2.71. The molecule has 0 fully saturated rings. The van der Waals surface area contributed by atoms with Crippen LogP contribution in [-0.2, 0) is 16.0 Å². The molecule has 0 amide bonds. The largest absolute Gasteiger partial charge is 0.460 e. The number of carbonyl (C=O) groups excluding carboxylic acids is 2. The lowest BCUT2D eigenvalue weighted by Crippen LogP contribution is -2.35. The van der Waals surface area contributed by atoms with Gasteiger partial charge in [0, 0.05) is 5.56 Å². The normalized spacial score (nSPS) is 12.1. The highest BCUT2D eigenvalue weighted by Crippen LogP contribution is 2.26. The van der Waals surface area contributed by atoms with E-state index in [1.807, 2.05) is 46.8 Å². The van der Waals surface area contributed by atoms with Crippen molar-refractivity contribution < 1.29 is 14.3 Å². The molecule has 0 aromatic heterocycles. The highest BCUT2D eigenvalue weighted by molar-refractivity contribution is 5.77. The van der Waals surface area contributed by atoms with Crippen LogP contribution < -0.4 is 0 Å². The highest BCUT2D eigenvalue weighted by atomic mass is 16.6. The van der Waals surface area contributed by atoms with E-state index in [-0.39, 0.29) is 5.97 Å². The number of carbonyl (C=O) groups is 2. The fraction of sp³-hybridized carbons (Fsp3) is 0.500. The summed E-state index contributed by atoms with van der Waals surface area (Å²) in [5.41, 5.74) is 0.589. The molecule has 0 bridgehead atoms. The summed E-state index contributed by atoms with van der Waals surface area (Å²) in [7, 11) is 0. The maximum Gasteiger partial charge on any atom is 0.312 e. The van der Waals surface area contributed by atoms with Gasteiger partial charge in [0.25, 0.3) is 0 Å². The quantitative estimate of drug-likeness (QED) is 0.617. The Balaban J connectivity index is 2.77. The molecule has 1 aromatic rings. The van der Waals surface area contributed by atoms with Crippen LogP contribution in [0, 0.1) is 5.41 Å². The Morgan fingerprint density at radius 1 is 1.11 bits per heavy atom. The number of rotatable bonds is 4. The molecule has 3 heteroatoms. The van der Waals surface area contributed by atoms with Crippen LogP contribution in [0.15, 0.2) is 24.3 Å². The van der Waals surface area contributed by atoms with E-state index >= 15 is 0 Å². The number of aldehydes is 1. The van der Waals surface area contributed by atoms with Crippen molar-refractivity contribution in [3.8, 4) is 0 Å². The van der Waals surface area contributed by atoms with E-state index in [9.17, 15) is 9.59 Å². The summed E-state index contributed by atoms with van der Waals surface area (Å²) in [6.45, 7) is 9.32. The lowest BCUT2D eigenvalue weighted by atomic mass is 9.85. The molecular formula is C16H22O3. The first kappa shape index (κ1) is 15.4. The van der Waals surface area contributed by atoms with Crippen molar-refractivity contribution in [2.24, 2.45) is 5.41 Å². The third-order valence-corrected chi connectivity index (χ3v) is 2.71. The van der Waals surface area contributed by atoms with Crippen molar-refractivity contribution in [3.63, 3.8) is 0 Å². The zero-order chi connectivity index (χ0) is 14.7. The first-order valence-corrected chi connectivity index (χ1v) is 6.42. The molecule has 3 nitrogen and oxygen atoms in total. The highest BCUT2D eigenvalue weighted by Gasteiger charge is 2.32. The summed E-state index contributed by atoms with van der Waals surface area (Å²) >= 11 is 0. The van der Waals surface area contributed by atoms with Crippen molar-refractivity contribution >= 4 is 12.3 Å². The van der Waals surface area contributed by atoms with Gasteiger partial charge in [-0.05, 0) is 46.6 Å². The van der Waals surface area contributed by atoms with Gasteiger partial charge in [-0.25, -0.2) is 0 Å². The maximum atomic E-state index is 12.1. The third kappa shape index (κ3) is 4.86. The van der Waals surface area contributed by atoms with Gasteiger partial charge < -0.3 is 4.74 Å². The van der Waals surface area contributed by atoms with E-state index in [0.29, 0.717) is 12.0 Å². The van der Waals surface area contributed by atoms with E-state index in [4.69, 9.17) is 4.74 Å². The van der Waals surface area contributed by atoms with Crippen molar-refractivity contribution in [1.29, 1.82) is 0 Å². The summed E-state index contributed by atoms with van der Waals surface area (Å²) in [5.74, 6) is -0.209. The minimum atomic E-state index is -0.587. The molecule has 0 saturated heterocycles. The summed E-state index contributed by atoms with van der Waals surface area (Å²) in [4.78, 5) is 22.7. The van der Waals surface area contributed by atoms with Gasteiger partial charge >= 0.3 is 5.97 Å². The smallest absolute Gasteiger partial charge is 0.312 e. The van der Waals surface area contributed by atoms with Gasteiger partial charge in [-0.3, -0.25) is 9.59 Å². The van der Waals surface area contributed by atoms with Gasteiger partial charge in [-0.1, -0.05) is 24.3 Å². The van der Waals surface area contributed by atoms with E-state index in [0.717, 1.165) is 11.8 Å². The Kier molecular flexibility index (Phi) is 4.51. The molecular weight excluding hydrogens is 240 g/mol. The zero-order valence-corrected chi connectivity index (χ0v) is 12.3. The molecule has 0 atom stereocenters. The van der Waals surface area contributed by atoms with Crippen LogP contribution in [0.4, 0.5) is 0 Å². The van der Waals surface area contributed by atoms with Crippen molar-refractivity contribution in [2.75, 3.05) is 0 Å². The molecule has 0 saturated carbocycles. The van der Waals surface area contributed by atoms with Gasteiger partial charge in [0.15, 0.2) is 0 Å². The number of hydrogen-bond acceptors (Lipinski definition) is 3. The van der Waals surface area contributed by atoms with Crippen LogP contribution in [0.2, 0.25) is 0 Å². The summed E-state index contributed by atoms with van der Waals surface area (Å²) in [6, 6.07) is 7.26. The Hall–Kier alpha value is -1.64. The van der Waals surface area contributed by atoms with E-state index in [1.165, 1.54) is 0 Å². The standard InChI is InChI=1S/C16H22O3/c1-15(2,3)19-14(18)16(4,5)10-12-6-8-13(11-17)9-7-12/h6-9,11H,10H2,1-5H3. The Labute approximate surface area is 115 Å². The van der Waals surface area contributed by atoms with E-state index in [1.54, 1.807) is 12.1 Å². The van der Waals surface area contributed by atoms with Gasteiger partial charge in [0.2, 0.25) is 0 Å². The molecule has 0 heterocycles. The molecule has 0 aliphatic heterocycles. The predicted octanol–water partition coefficient (Wildman–Crippen LogP) is 3.41. The maximum absolute atomic E-state index is 12.1. The number of hydrogen-bond donors (Lipinski definition) is 0. The SMILES string of the molecule is CC(C)(C)OC(=O)C(C)(C)Cc1ccc(C=O)cc1. The fourth-order valence-electron chi connectivity index (χ4n) is 1.71. The molecule has 0 aliphatic rings.